The summed E-state index contributed by atoms with van der Waals surface area (Å²) < 4.78 is 36.9. The summed E-state index contributed by atoms with van der Waals surface area (Å²) in [6, 6.07) is 8.11. The maximum atomic E-state index is 15.4. The Morgan fingerprint density at radius 1 is 1.12 bits per heavy atom. The van der Waals surface area contributed by atoms with Gasteiger partial charge in [-0.3, -0.25) is 14.2 Å². The number of hydrogen-bond donors (Lipinski definition) is 2. The lowest BCUT2D eigenvalue weighted by atomic mass is 9.80. The SMILES string of the molecule is CN(C)CCC(=O)OC1CCC(Nc2cc(-c3c4n(c5cc(F)cc(F)c35)C(=O)CC(C)(C)C4)ccc2CN)CC1. The Hall–Kier alpha value is -3.30. The minimum Gasteiger partial charge on any atom is -0.462 e. The molecule has 1 aliphatic carbocycles. The standard InChI is InChI=1S/C32H40F2N4O3/c1-32(2)16-27-30(31-24(34)14-21(33)15-26(31)38(27)28(39)17-32)19-5-6-20(18-35)25(13-19)36-22-7-9-23(10-8-22)41-29(40)11-12-37(3)4/h5-6,13-15,22-23,36H,7-12,16-18,35H2,1-4H3. The molecule has 1 fully saturated rings. The third kappa shape index (κ3) is 6.16. The fraction of sp³-hybridized carbons (Fsp3) is 0.500. The smallest absolute Gasteiger partial charge is 0.307 e. The second-order valence-electron chi connectivity index (χ2n) is 12.6. The highest BCUT2D eigenvalue weighted by Crippen LogP contribution is 2.44. The van der Waals surface area contributed by atoms with Gasteiger partial charge < -0.3 is 20.7 Å². The van der Waals surface area contributed by atoms with Crippen molar-refractivity contribution >= 4 is 28.5 Å². The van der Waals surface area contributed by atoms with Gasteiger partial charge in [0.2, 0.25) is 5.91 Å². The van der Waals surface area contributed by atoms with Gasteiger partial charge in [-0.05, 0) is 74.9 Å². The molecule has 0 atom stereocenters. The molecule has 7 nitrogen and oxygen atoms in total. The molecule has 5 rings (SSSR count). The first kappa shape index (κ1) is 29.2. The number of esters is 1. The lowest BCUT2D eigenvalue weighted by Gasteiger charge is -2.31. The van der Waals surface area contributed by atoms with E-state index in [1.54, 1.807) is 0 Å². The number of fused-ring (bicyclic) bond motifs is 3. The molecule has 220 valence electrons. The summed E-state index contributed by atoms with van der Waals surface area (Å²) in [7, 11) is 3.86. The molecule has 1 aliphatic heterocycles. The first-order chi connectivity index (χ1) is 19.5. The predicted octanol–water partition coefficient (Wildman–Crippen LogP) is 5.88. The molecule has 9 heteroatoms. The van der Waals surface area contributed by atoms with Crippen molar-refractivity contribution in [2.75, 3.05) is 26.0 Å². The molecule has 0 bridgehead atoms. The average Bonchev–Trinajstić information content (AvgIpc) is 3.22. The summed E-state index contributed by atoms with van der Waals surface area (Å²) >= 11 is 0. The third-order valence-corrected chi connectivity index (χ3v) is 8.32. The van der Waals surface area contributed by atoms with Crippen molar-refractivity contribution in [1.82, 2.24) is 9.47 Å². The minimum atomic E-state index is -0.709. The second-order valence-corrected chi connectivity index (χ2v) is 12.6. The van der Waals surface area contributed by atoms with E-state index < -0.39 is 11.6 Å². The number of anilines is 1. The van der Waals surface area contributed by atoms with E-state index in [0.29, 0.717) is 43.6 Å². The third-order valence-electron chi connectivity index (χ3n) is 8.32. The van der Waals surface area contributed by atoms with Crippen LogP contribution >= 0.6 is 0 Å². The van der Waals surface area contributed by atoms with Crippen molar-refractivity contribution in [1.29, 1.82) is 0 Å². The fourth-order valence-electron chi connectivity index (χ4n) is 6.30. The molecule has 0 amide bonds. The molecule has 0 spiro atoms. The van der Waals surface area contributed by atoms with E-state index in [0.717, 1.165) is 48.6 Å². The van der Waals surface area contributed by atoms with Gasteiger partial charge in [0.25, 0.3) is 0 Å². The van der Waals surface area contributed by atoms with Crippen LogP contribution in [0.25, 0.3) is 22.0 Å². The lowest BCUT2D eigenvalue weighted by molar-refractivity contribution is -0.150. The molecular formula is C32H40F2N4O3. The average molecular weight is 567 g/mol. The van der Waals surface area contributed by atoms with Gasteiger partial charge in [0, 0.05) is 53.9 Å². The summed E-state index contributed by atoms with van der Waals surface area (Å²) in [6.07, 6.45) is 4.38. The summed E-state index contributed by atoms with van der Waals surface area (Å²) in [4.78, 5) is 27.4. The van der Waals surface area contributed by atoms with E-state index in [9.17, 15) is 14.0 Å². The largest absolute Gasteiger partial charge is 0.462 e. The maximum Gasteiger partial charge on any atom is 0.307 e. The lowest BCUT2D eigenvalue weighted by Crippen LogP contribution is -2.32. The van der Waals surface area contributed by atoms with E-state index >= 15 is 4.39 Å². The predicted molar refractivity (Wildman–Crippen MR) is 157 cm³/mol. The number of halogens is 2. The first-order valence-electron chi connectivity index (χ1n) is 14.5. The van der Waals surface area contributed by atoms with Crippen LogP contribution in [0.15, 0.2) is 30.3 Å². The van der Waals surface area contributed by atoms with Crippen molar-refractivity contribution in [2.24, 2.45) is 11.1 Å². The molecule has 41 heavy (non-hydrogen) atoms. The van der Waals surface area contributed by atoms with Crippen molar-refractivity contribution in [3.05, 3.63) is 53.2 Å². The van der Waals surface area contributed by atoms with Crippen LogP contribution < -0.4 is 11.1 Å². The maximum absolute atomic E-state index is 15.4. The summed E-state index contributed by atoms with van der Waals surface area (Å²) in [5.41, 5.74) is 9.91. The molecule has 0 unspecified atom stereocenters. The highest BCUT2D eigenvalue weighted by Gasteiger charge is 2.36. The molecule has 0 saturated heterocycles. The van der Waals surface area contributed by atoms with Crippen LogP contribution in [0.2, 0.25) is 0 Å². The zero-order valence-electron chi connectivity index (χ0n) is 24.4. The highest BCUT2D eigenvalue weighted by molar-refractivity contribution is 6.05. The van der Waals surface area contributed by atoms with Crippen molar-refractivity contribution in [2.45, 2.75) is 77.5 Å². The number of nitrogens with one attached hydrogen (secondary N) is 1. The summed E-state index contributed by atoms with van der Waals surface area (Å²) in [6.45, 7) is 5.03. The molecule has 3 N–H and O–H groups in total. The van der Waals surface area contributed by atoms with Crippen molar-refractivity contribution in [3.63, 3.8) is 0 Å². The van der Waals surface area contributed by atoms with Crippen LogP contribution in [0.5, 0.6) is 0 Å². The van der Waals surface area contributed by atoms with Crippen LogP contribution in [0, 0.1) is 17.0 Å². The second kappa shape index (κ2) is 11.5. The van der Waals surface area contributed by atoms with Crippen LogP contribution in [0.4, 0.5) is 14.5 Å². The van der Waals surface area contributed by atoms with E-state index in [4.69, 9.17) is 10.5 Å². The molecule has 2 aliphatic rings. The van der Waals surface area contributed by atoms with E-state index in [2.05, 4.69) is 5.32 Å². The number of benzene rings is 2. The fourth-order valence-corrected chi connectivity index (χ4v) is 6.30. The van der Waals surface area contributed by atoms with Gasteiger partial charge in [0.05, 0.1) is 11.9 Å². The zero-order valence-corrected chi connectivity index (χ0v) is 24.4. The molecular weight excluding hydrogens is 526 g/mol. The number of nitrogens with zero attached hydrogens (tertiary/aromatic N) is 2. The Kier molecular flexibility index (Phi) is 8.21. The van der Waals surface area contributed by atoms with Crippen LogP contribution in [-0.4, -0.2) is 54.1 Å². The molecule has 1 saturated carbocycles. The molecule has 2 aromatic carbocycles. The quantitative estimate of drug-likeness (QED) is 0.331. The van der Waals surface area contributed by atoms with Crippen LogP contribution in [0.1, 0.15) is 68.4 Å². The van der Waals surface area contributed by atoms with E-state index in [1.807, 2.05) is 51.0 Å². The highest BCUT2D eigenvalue weighted by atomic mass is 19.1. The Labute approximate surface area is 240 Å². The van der Waals surface area contributed by atoms with Gasteiger partial charge in [0.15, 0.2) is 0 Å². The Balaban J connectivity index is 1.43. The van der Waals surface area contributed by atoms with E-state index in [1.165, 1.54) is 10.6 Å². The summed E-state index contributed by atoms with van der Waals surface area (Å²) in [5, 5.41) is 3.90. The molecule has 1 aromatic heterocycles. The van der Waals surface area contributed by atoms with Gasteiger partial charge in [-0.25, -0.2) is 8.78 Å². The van der Waals surface area contributed by atoms with Crippen LogP contribution in [0.3, 0.4) is 0 Å². The van der Waals surface area contributed by atoms with Crippen LogP contribution in [-0.2, 0) is 22.5 Å². The number of carbonyl (C=O) groups is 2. The Bertz CT molecular complexity index is 1470. The molecule has 0 radical (unpaired) electrons. The molecule has 3 aromatic rings. The Morgan fingerprint density at radius 2 is 1.85 bits per heavy atom. The summed E-state index contributed by atoms with van der Waals surface area (Å²) in [5.74, 6) is -1.71. The first-order valence-corrected chi connectivity index (χ1v) is 14.5. The topological polar surface area (TPSA) is 89.6 Å². The Morgan fingerprint density at radius 3 is 2.54 bits per heavy atom. The monoisotopic (exact) mass is 566 g/mol. The number of nitrogens with two attached hydrogens (primary N) is 1. The van der Waals surface area contributed by atoms with Gasteiger partial charge in [-0.15, -0.1) is 0 Å². The van der Waals surface area contributed by atoms with Gasteiger partial charge in [0.1, 0.15) is 17.7 Å². The van der Waals surface area contributed by atoms with Crippen molar-refractivity contribution in [3.8, 4) is 11.1 Å². The number of ether oxygens (including phenoxy) is 1. The van der Waals surface area contributed by atoms with Gasteiger partial charge in [-0.2, -0.15) is 0 Å². The number of carbonyl (C=O) groups excluding carboxylic acids is 2. The normalized spacial score (nSPS) is 20.3. The number of hydrogen-bond acceptors (Lipinski definition) is 6. The van der Waals surface area contributed by atoms with Gasteiger partial charge in [-0.1, -0.05) is 26.0 Å². The van der Waals surface area contributed by atoms with E-state index in [-0.39, 0.29) is 40.3 Å². The van der Waals surface area contributed by atoms with Crippen molar-refractivity contribution < 1.29 is 23.1 Å². The van der Waals surface area contributed by atoms with Gasteiger partial charge >= 0.3 is 5.97 Å². The minimum absolute atomic E-state index is 0.0773. The number of aromatic nitrogens is 1. The number of rotatable bonds is 8. The zero-order chi connectivity index (χ0) is 29.5. The molecule has 2 heterocycles.